The first-order valence-electron chi connectivity index (χ1n) is 7.90. The highest BCUT2D eigenvalue weighted by atomic mass is 35.5. The van der Waals surface area contributed by atoms with E-state index in [9.17, 15) is 9.59 Å². The van der Waals surface area contributed by atoms with E-state index in [0.29, 0.717) is 26.3 Å². The van der Waals surface area contributed by atoms with Crippen molar-refractivity contribution in [3.63, 3.8) is 0 Å². The molecular formula is C18H14Cl2N2O5S. The molecule has 7 nitrogen and oxygen atoms in total. The second kappa shape index (κ2) is 8.64. The molecule has 2 amide bonds. The molecule has 28 heavy (non-hydrogen) atoms. The zero-order chi connectivity index (χ0) is 20.3. The van der Waals surface area contributed by atoms with Crippen LogP contribution in [0.1, 0.15) is 21.1 Å². The van der Waals surface area contributed by atoms with Gasteiger partial charge in [0.25, 0.3) is 0 Å². The summed E-state index contributed by atoms with van der Waals surface area (Å²) in [5.41, 5.74) is 0.971. The normalized spacial score (nSPS) is 10.6. The van der Waals surface area contributed by atoms with Crippen LogP contribution in [-0.2, 0) is 11.3 Å². The quantitative estimate of drug-likeness (QED) is 0.532. The van der Waals surface area contributed by atoms with Crippen LogP contribution < -0.4 is 9.64 Å². The van der Waals surface area contributed by atoms with E-state index < -0.39 is 12.0 Å². The number of ether oxygens (including phenoxy) is 2. The molecule has 3 aromatic rings. The molecule has 2 heterocycles. The van der Waals surface area contributed by atoms with Gasteiger partial charge in [-0.3, -0.25) is 4.79 Å². The van der Waals surface area contributed by atoms with Crippen LogP contribution in [0.4, 0.5) is 10.5 Å². The summed E-state index contributed by atoms with van der Waals surface area (Å²) < 4.78 is 15.9. The van der Waals surface area contributed by atoms with Gasteiger partial charge in [-0.05, 0) is 42.8 Å². The van der Waals surface area contributed by atoms with Gasteiger partial charge < -0.3 is 13.9 Å². The van der Waals surface area contributed by atoms with Crippen molar-refractivity contribution in [1.29, 1.82) is 0 Å². The van der Waals surface area contributed by atoms with Crippen molar-refractivity contribution in [2.24, 2.45) is 0 Å². The van der Waals surface area contributed by atoms with Crippen molar-refractivity contribution >= 4 is 52.2 Å². The first-order valence-corrected chi connectivity index (χ1v) is 9.48. The number of aromatic nitrogens is 1. The van der Waals surface area contributed by atoms with E-state index >= 15 is 0 Å². The van der Waals surface area contributed by atoms with Crippen LogP contribution in [0.25, 0.3) is 0 Å². The third-order valence-corrected chi connectivity index (χ3v) is 5.37. The Balaban J connectivity index is 1.82. The van der Waals surface area contributed by atoms with Crippen LogP contribution in [0.5, 0.6) is 5.75 Å². The summed E-state index contributed by atoms with van der Waals surface area (Å²) in [7, 11) is 1.20. The molecule has 0 aliphatic rings. The third-order valence-electron chi connectivity index (χ3n) is 3.66. The highest BCUT2D eigenvalue weighted by Crippen LogP contribution is 2.30. The molecular weight excluding hydrogens is 427 g/mol. The molecule has 0 saturated carbocycles. The predicted molar refractivity (Wildman–Crippen MR) is 106 cm³/mol. The second-order valence-electron chi connectivity index (χ2n) is 5.50. The van der Waals surface area contributed by atoms with Crippen LogP contribution in [0.15, 0.2) is 41.0 Å². The smallest absolute Gasteiger partial charge is 0.421 e. The molecule has 0 N–H and O–H groups in total. The van der Waals surface area contributed by atoms with Crippen LogP contribution in [0.3, 0.4) is 0 Å². The maximum atomic E-state index is 12.7. The first-order chi connectivity index (χ1) is 13.4. The molecule has 0 aliphatic carbocycles. The summed E-state index contributed by atoms with van der Waals surface area (Å²) in [6.45, 7) is 1.92. The molecule has 0 bridgehead atoms. The molecule has 0 saturated heterocycles. The van der Waals surface area contributed by atoms with Gasteiger partial charge in [0, 0.05) is 0 Å². The lowest BCUT2D eigenvalue weighted by Crippen LogP contribution is -2.37. The number of carbonyl (C=O) groups excluding carboxylic acids is 2. The molecule has 10 heteroatoms. The zero-order valence-corrected chi connectivity index (χ0v) is 17.1. The molecule has 0 aliphatic heterocycles. The molecule has 3 rings (SSSR count). The molecule has 146 valence electrons. The molecule has 2 aromatic heterocycles. The van der Waals surface area contributed by atoms with Crippen molar-refractivity contribution in [1.82, 2.24) is 4.98 Å². The van der Waals surface area contributed by atoms with Gasteiger partial charge in [-0.1, -0.05) is 23.2 Å². The van der Waals surface area contributed by atoms with Crippen LogP contribution in [0.2, 0.25) is 9.49 Å². The second-order valence-corrected chi connectivity index (χ2v) is 7.54. The molecule has 0 fully saturated rings. The van der Waals surface area contributed by atoms with Gasteiger partial charge in [0.2, 0.25) is 0 Å². The summed E-state index contributed by atoms with van der Waals surface area (Å²) in [5, 5.41) is 0.864. The Morgan fingerprint density at radius 2 is 2.07 bits per heavy atom. The average molecular weight is 441 g/mol. The summed E-state index contributed by atoms with van der Waals surface area (Å²) in [4.78, 5) is 29.8. The summed E-state index contributed by atoms with van der Waals surface area (Å²) in [6.07, 6.45) is 0.522. The maximum absolute atomic E-state index is 12.7. The number of hydrogen-bond donors (Lipinski definition) is 0. The van der Waals surface area contributed by atoms with E-state index in [-0.39, 0.29) is 17.5 Å². The van der Waals surface area contributed by atoms with Crippen molar-refractivity contribution < 1.29 is 23.5 Å². The van der Waals surface area contributed by atoms with Crippen LogP contribution >= 0.6 is 34.5 Å². The molecule has 0 radical (unpaired) electrons. The van der Waals surface area contributed by atoms with Gasteiger partial charge in [-0.2, -0.15) is 0 Å². The predicted octanol–water partition coefficient (Wildman–Crippen LogP) is 5.34. The first kappa shape index (κ1) is 20.2. The highest BCUT2D eigenvalue weighted by Gasteiger charge is 2.28. The van der Waals surface area contributed by atoms with Gasteiger partial charge in [0.05, 0.1) is 19.1 Å². The number of nitrogens with zero attached hydrogens (tertiary/aromatic N) is 2. The number of imide groups is 1. The summed E-state index contributed by atoms with van der Waals surface area (Å²) in [6, 6.07) is 7.94. The van der Waals surface area contributed by atoms with Crippen molar-refractivity contribution in [2.75, 3.05) is 12.0 Å². The molecule has 0 unspecified atom stereocenters. The fourth-order valence-electron chi connectivity index (χ4n) is 2.39. The Morgan fingerprint density at radius 1 is 1.29 bits per heavy atom. The van der Waals surface area contributed by atoms with Gasteiger partial charge in [-0.15, -0.1) is 11.3 Å². The Hall–Kier alpha value is -2.55. The SMILES string of the molecule is COC(=O)N(C(=O)c1ccco1)c1ccc(OCc2nc(Cl)c(Cl)s2)cc1C. The Morgan fingerprint density at radius 3 is 2.64 bits per heavy atom. The summed E-state index contributed by atoms with van der Waals surface area (Å²) in [5.74, 6) is -0.0951. The average Bonchev–Trinajstić information content (AvgIpc) is 3.32. The van der Waals surface area contributed by atoms with E-state index in [1.807, 2.05) is 0 Å². The Kier molecular flexibility index (Phi) is 6.23. The minimum absolute atomic E-state index is 0.0163. The minimum Gasteiger partial charge on any atom is -0.486 e. The third kappa shape index (κ3) is 4.30. The molecule has 0 atom stereocenters. The Bertz CT molecular complexity index is 984. The standard InChI is InChI=1S/C18H14Cl2N2O5S/c1-10-8-11(27-9-14-21-15(19)16(20)28-14)5-6-12(10)22(18(24)25-2)17(23)13-4-3-7-26-13/h3-8H,9H2,1-2H3. The van der Waals surface area contributed by atoms with Gasteiger partial charge in [0.1, 0.15) is 21.7 Å². The fraction of sp³-hybridized carbons (Fsp3) is 0.167. The number of thiazole rings is 1. The van der Waals surface area contributed by atoms with E-state index in [1.165, 1.54) is 30.8 Å². The lowest BCUT2D eigenvalue weighted by Gasteiger charge is -2.20. The lowest BCUT2D eigenvalue weighted by molar-refractivity contribution is 0.0949. The van der Waals surface area contributed by atoms with Gasteiger partial charge >= 0.3 is 12.0 Å². The minimum atomic E-state index is -0.828. The number of aryl methyl sites for hydroxylation is 1. The number of benzene rings is 1. The molecule has 0 spiro atoms. The van der Waals surface area contributed by atoms with E-state index in [2.05, 4.69) is 4.98 Å². The monoisotopic (exact) mass is 440 g/mol. The number of carbonyl (C=O) groups is 2. The number of methoxy groups -OCH3 is 1. The fourth-order valence-corrected chi connectivity index (χ4v) is 3.56. The van der Waals surface area contributed by atoms with E-state index in [4.69, 9.17) is 37.1 Å². The number of anilines is 1. The van der Waals surface area contributed by atoms with Gasteiger partial charge in [0.15, 0.2) is 10.9 Å². The number of halogens is 2. The van der Waals surface area contributed by atoms with Crippen molar-refractivity contribution in [3.8, 4) is 5.75 Å². The number of amides is 2. The van der Waals surface area contributed by atoms with E-state index in [1.54, 1.807) is 31.2 Å². The zero-order valence-electron chi connectivity index (χ0n) is 14.8. The number of rotatable bonds is 5. The largest absolute Gasteiger partial charge is 0.486 e. The number of furan rings is 1. The lowest BCUT2D eigenvalue weighted by atomic mass is 10.1. The van der Waals surface area contributed by atoms with E-state index in [0.717, 1.165) is 4.90 Å². The van der Waals surface area contributed by atoms with Crippen molar-refractivity contribution in [3.05, 3.63) is 62.4 Å². The van der Waals surface area contributed by atoms with Crippen molar-refractivity contribution in [2.45, 2.75) is 13.5 Å². The maximum Gasteiger partial charge on any atom is 0.421 e. The highest BCUT2D eigenvalue weighted by molar-refractivity contribution is 7.16. The number of hydrogen-bond acceptors (Lipinski definition) is 7. The van der Waals surface area contributed by atoms with Crippen LogP contribution in [0, 0.1) is 6.92 Å². The van der Waals surface area contributed by atoms with Gasteiger partial charge in [-0.25, -0.2) is 14.7 Å². The topological polar surface area (TPSA) is 81.9 Å². The summed E-state index contributed by atoms with van der Waals surface area (Å²) >= 11 is 12.9. The van der Waals surface area contributed by atoms with Crippen LogP contribution in [-0.4, -0.2) is 24.1 Å². The molecule has 1 aromatic carbocycles. The Labute approximate surface area is 174 Å².